The molecule has 1 fully saturated rings. The Balaban J connectivity index is 1.31. The van der Waals surface area contributed by atoms with Gasteiger partial charge in [-0.1, -0.05) is 54.6 Å². The van der Waals surface area contributed by atoms with E-state index in [2.05, 4.69) is 29.6 Å². The van der Waals surface area contributed by atoms with Gasteiger partial charge < -0.3 is 10.1 Å². The summed E-state index contributed by atoms with van der Waals surface area (Å²) < 4.78 is 5.37. The molecular weight excluding hydrogens is 410 g/mol. The monoisotopic (exact) mass is 441 g/mol. The summed E-state index contributed by atoms with van der Waals surface area (Å²) in [4.78, 5) is 24.8. The lowest BCUT2D eigenvalue weighted by molar-refractivity contribution is -0.153. The van der Waals surface area contributed by atoms with Gasteiger partial charge in [0, 0.05) is 11.3 Å². The molecule has 33 heavy (non-hydrogen) atoms. The Kier molecular flexibility index (Phi) is 7.23. The minimum absolute atomic E-state index is 0.0236. The third-order valence-corrected chi connectivity index (χ3v) is 6.31. The summed E-state index contributed by atoms with van der Waals surface area (Å²) >= 11 is 0. The lowest BCUT2D eigenvalue weighted by Gasteiger charge is -2.28. The molecule has 1 aliphatic carbocycles. The maximum atomic E-state index is 12.7. The zero-order chi connectivity index (χ0) is 23.2. The number of benzene rings is 3. The number of hydrogen-bond donors (Lipinski definition) is 1. The molecule has 0 unspecified atom stereocenters. The van der Waals surface area contributed by atoms with Crippen LogP contribution in [0.15, 0.2) is 78.9 Å². The van der Waals surface area contributed by atoms with Gasteiger partial charge >= 0.3 is 5.97 Å². The van der Waals surface area contributed by atoms with Crippen LogP contribution in [0.25, 0.3) is 11.1 Å². The average molecular weight is 442 g/mol. The molecule has 1 saturated carbocycles. The van der Waals surface area contributed by atoms with E-state index in [1.54, 1.807) is 0 Å². The molecule has 0 radical (unpaired) electrons. The van der Waals surface area contributed by atoms with Crippen LogP contribution in [0.3, 0.4) is 0 Å². The van der Waals surface area contributed by atoms with Crippen molar-refractivity contribution in [3.8, 4) is 11.1 Å². The standard InChI is InChI=1S/C29H31NO3/c1-20(2)33-29(32)26-14-10-23(11-15-26)24-16-18-27(19-17-24)30-28(31)25-12-8-22(9-13-25)21-6-4-3-5-7-21/h3-9,12-13,16-20,23,26H,10-11,14-15H2,1-2H3,(H,30,31). The number of anilines is 1. The number of ether oxygens (including phenoxy) is 1. The quantitative estimate of drug-likeness (QED) is 0.427. The summed E-state index contributed by atoms with van der Waals surface area (Å²) in [6, 6.07) is 25.9. The molecule has 0 bridgehead atoms. The molecule has 0 aliphatic heterocycles. The van der Waals surface area contributed by atoms with Crippen LogP contribution in [0.5, 0.6) is 0 Å². The molecule has 3 aromatic carbocycles. The molecule has 1 aliphatic rings. The van der Waals surface area contributed by atoms with Gasteiger partial charge in [0.15, 0.2) is 0 Å². The molecule has 0 atom stereocenters. The molecule has 4 heteroatoms. The summed E-state index contributed by atoms with van der Waals surface area (Å²) in [6.45, 7) is 3.78. The van der Waals surface area contributed by atoms with Crippen LogP contribution in [0.4, 0.5) is 5.69 Å². The van der Waals surface area contributed by atoms with Gasteiger partial charge in [0.25, 0.3) is 5.91 Å². The van der Waals surface area contributed by atoms with E-state index in [9.17, 15) is 9.59 Å². The van der Waals surface area contributed by atoms with E-state index in [-0.39, 0.29) is 23.9 Å². The number of rotatable bonds is 6. The van der Waals surface area contributed by atoms with E-state index in [0.717, 1.165) is 42.5 Å². The van der Waals surface area contributed by atoms with E-state index < -0.39 is 0 Å². The summed E-state index contributed by atoms with van der Waals surface area (Å²) in [5, 5.41) is 2.99. The second-order valence-electron chi connectivity index (χ2n) is 9.05. The van der Waals surface area contributed by atoms with Gasteiger partial charge in [0.1, 0.15) is 0 Å². The number of carbonyl (C=O) groups excluding carboxylic acids is 2. The first-order valence-electron chi connectivity index (χ1n) is 11.8. The minimum Gasteiger partial charge on any atom is -0.463 e. The second kappa shape index (κ2) is 10.5. The van der Waals surface area contributed by atoms with Crippen molar-refractivity contribution in [2.75, 3.05) is 5.32 Å². The molecule has 0 spiro atoms. The first-order chi connectivity index (χ1) is 16.0. The van der Waals surface area contributed by atoms with Gasteiger partial charge in [-0.3, -0.25) is 9.59 Å². The fourth-order valence-corrected chi connectivity index (χ4v) is 4.48. The van der Waals surface area contributed by atoms with E-state index in [0.29, 0.717) is 11.5 Å². The largest absolute Gasteiger partial charge is 0.463 e. The lowest BCUT2D eigenvalue weighted by Crippen LogP contribution is -2.25. The molecule has 3 aromatic rings. The van der Waals surface area contributed by atoms with Crippen molar-refractivity contribution in [3.63, 3.8) is 0 Å². The normalized spacial score (nSPS) is 18.0. The van der Waals surface area contributed by atoms with Gasteiger partial charge in [-0.25, -0.2) is 0 Å². The van der Waals surface area contributed by atoms with Crippen LogP contribution in [0, 0.1) is 5.92 Å². The van der Waals surface area contributed by atoms with Crippen molar-refractivity contribution in [3.05, 3.63) is 90.0 Å². The molecule has 1 amide bonds. The predicted molar refractivity (Wildman–Crippen MR) is 132 cm³/mol. The highest BCUT2D eigenvalue weighted by atomic mass is 16.5. The summed E-state index contributed by atoms with van der Waals surface area (Å²) in [5.74, 6) is 0.295. The summed E-state index contributed by atoms with van der Waals surface area (Å²) in [6.07, 6.45) is 3.65. The third kappa shape index (κ3) is 5.89. The third-order valence-electron chi connectivity index (χ3n) is 6.31. The van der Waals surface area contributed by atoms with Gasteiger partial charge in [-0.15, -0.1) is 0 Å². The highest BCUT2D eigenvalue weighted by Crippen LogP contribution is 2.36. The van der Waals surface area contributed by atoms with Crippen molar-refractivity contribution in [2.24, 2.45) is 5.92 Å². The molecule has 0 aromatic heterocycles. The van der Waals surface area contributed by atoms with Gasteiger partial charge in [0.05, 0.1) is 12.0 Å². The predicted octanol–water partition coefficient (Wildman–Crippen LogP) is 6.83. The molecule has 4 rings (SSSR count). The summed E-state index contributed by atoms with van der Waals surface area (Å²) in [5.41, 5.74) is 4.89. The first-order valence-corrected chi connectivity index (χ1v) is 11.8. The lowest BCUT2D eigenvalue weighted by atomic mass is 9.78. The van der Waals surface area contributed by atoms with Crippen molar-refractivity contribution in [2.45, 2.75) is 51.6 Å². The second-order valence-corrected chi connectivity index (χ2v) is 9.05. The zero-order valence-electron chi connectivity index (χ0n) is 19.3. The van der Waals surface area contributed by atoms with Gasteiger partial charge in [-0.05, 0) is 86.4 Å². The minimum atomic E-state index is -0.119. The molecule has 1 N–H and O–H groups in total. The Labute approximate surface area is 196 Å². The zero-order valence-corrected chi connectivity index (χ0v) is 19.3. The fourth-order valence-electron chi connectivity index (χ4n) is 4.48. The van der Waals surface area contributed by atoms with Crippen LogP contribution in [0.2, 0.25) is 0 Å². The van der Waals surface area contributed by atoms with Gasteiger partial charge in [-0.2, -0.15) is 0 Å². The molecule has 0 saturated heterocycles. The molecule has 170 valence electrons. The van der Waals surface area contributed by atoms with Crippen molar-refractivity contribution < 1.29 is 14.3 Å². The maximum Gasteiger partial charge on any atom is 0.309 e. The Morgan fingerprint density at radius 1 is 0.788 bits per heavy atom. The maximum absolute atomic E-state index is 12.7. The fraction of sp³-hybridized carbons (Fsp3) is 0.310. The number of nitrogens with one attached hydrogen (secondary N) is 1. The van der Waals surface area contributed by atoms with Crippen LogP contribution < -0.4 is 5.32 Å². The topological polar surface area (TPSA) is 55.4 Å². The molecular formula is C29H31NO3. The smallest absolute Gasteiger partial charge is 0.309 e. The van der Waals surface area contributed by atoms with E-state index in [1.807, 2.05) is 68.4 Å². The Hall–Kier alpha value is -3.40. The van der Waals surface area contributed by atoms with Crippen molar-refractivity contribution in [1.29, 1.82) is 0 Å². The van der Waals surface area contributed by atoms with E-state index in [1.165, 1.54) is 5.56 Å². The number of esters is 1. The van der Waals surface area contributed by atoms with Crippen LogP contribution in [-0.2, 0) is 9.53 Å². The number of carbonyl (C=O) groups is 2. The summed E-state index contributed by atoms with van der Waals surface area (Å²) in [7, 11) is 0. The SMILES string of the molecule is CC(C)OC(=O)C1CCC(c2ccc(NC(=O)c3ccc(-c4ccccc4)cc3)cc2)CC1. The molecule has 4 nitrogen and oxygen atoms in total. The van der Waals surface area contributed by atoms with Gasteiger partial charge in [0.2, 0.25) is 0 Å². The molecule has 0 heterocycles. The Morgan fingerprint density at radius 2 is 1.39 bits per heavy atom. The van der Waals surface area contributed by atoms with Crippen molar-refractivity contribution >= 4 is 17.6 Å². The van der Waals surface area contributed by atoms with E-state index in [4.69, 9.17) is 4.74 Å². The highest BCUT2D eigenvalue weighted by Gasteiger charge is 2.28. The van der Waals surface area contributed by atoms with Crippen molar-refractivity contribution in [1.82, 2.24) is 0 Å². The van der Waals surface area contributed by atoms with Crippen LogP contribution in [-0.4, -0.2) is 18.0 Å². The van der Waals surface area contributed by atoms with Crippen LogP contribution in [0.1, 0.15) is 61.4 Å². The first kappa shape index (κ1) is 22.8. The van der Waals surface area contributed by atoms with E-state index >= 15 is 0 Å². The number of hydrogen-bond acceptors (Lipinski definition) is 3. The number of amides is 1. The highest BCUT2D eigenvalue weighted by molar-refractivity contribution is 6.04. The van der Waals surface area contributed by atoms with Crippen LogP contribution >= 0.6 is 0 Å². The Bertz CT molecular complexity index is 1060. The average Bonchev–Trinajstić information content (AvgIpc) is 2.85. The Morgan fingerprint density at radius 3 is 2.00 bits per heavy atom.